The minimum absolute atomic E-state index is 0.0321. The quantitative estimate of drug-likeness (QED) is 0.905. The lowest BCUT2D eigenvalue weighted by molar-refractivity contribution is -0.120. The molecule has 1 aliphatic carbocycles. The first-order valence-electron chi connectivity index (χ1n) is 8.08. The number of anilines is 1. The van der Waals surface area contributed by atoms with Crippen molar-refractivity contribution in [1.82, 2.24) is 10.2 Å². The van der Waals surface area contributed by atoms with Gasteiger partial charge in [-0.15, -0.1) is 5.10 Å². The number of nitrogens with one attached hydrogen (secondary N) is 1. The van der Waals surface area contributed by atoms with Crippen LogP contribution in [0.4, 0.5) is 6.01 Å². The summed E-state index contributed by atoms with van der Waals surface area (Å²) < 4.78 is 16.1. The van der Waals surface area contributed by atoms with Crippen LogP contribution in [0.5, 0.6) is 11.5 Å². The third-order valence-corrected chi connectivity index (χ3v) is 4.27. The van der Waals surface area contributed by atoms with Crippen LogP contribution in [0.2, 0.25) is 0 Å². The van der Waals surface area contributed by atoms with Gasteiger partial charge < -0.3 is 13.9 Å². The van der Waals surface area contributed by atoms with Crippen molar-refractivity contribution in [2.45, 2.75) is 32.1 Å². The standard InChI is InChI=1S/C17H21N3O4/c1-22-12-8-9-13(14(10-12)23-2)16-19-20-17(24-16)18-15(21)11-6-4-3-5-7-11/h8-11H,3-7H2,1-2H3,(H,18,20,21). The molecule has 1 heterocycles. The molecule has 0 spiro atoms. The SMILES string of the molecule is COc1ccc(-c2nnc(NC(=O)C3CCCCC3)o2)c(OC)c1. The first kappa shape index (κ1) is 16.3. The number of amides is 1. The van der Waals surface area contributed by atoms with Gasteiger partial charge in [0.25, 0.3) is 5.89 Å². The minimum atomic E-state index is -0.0494. The smallest absolute Gasteiger partial charge is 0.322 e. The zero-order chi connectivity index (χ0) is 16.9. The van der Waals surface area contributed by atoms with Crippen molar-refractivity contribution in [2.75, 3.05) is 19.5 Å². The Labute approximate surface area is 140 Å². The summed E-state index contributed by atoms with van der Waals surface area (Å²) in [5.41, 5.74) is 0.643. The van der Waals surface area contributed by atoms with E-state index in [1.165, 1.54) is 6.42 Å². The molecule has 128 valence electrons. The predicted molar refractivity (Wildman–Crippen MR) is 88.0 cm³/mol. The maximum absolute atomic E-state index is 12.2. The number of carbonyl (C=O) groups is 1. The van der Waals surface area contributed by atoms with Crippen molar-refractivity contribution >= 4 is 11.9 Å². The summed E-state index contributed by atoms with van der Waals surface area (Å²) in [5, 5.41) is 10.6. The first-order valence-corrected chi connectivity index (χ1v) is 8.08. The Morgan fingerprint density at radius 1 is 1.17 bits per heavy atom. The largest absolute Gasteiger partial charge is 0.497 e. The van der Waals surface area contributed by atoms with Gasteiger partial charge in [0.1, 0.15) is 11.5 Å². The molecule has 7 nitrogen and oxygen atoms in total. The van der Waals surface area contributed by atoms with E-state index in [-0.39, 0.29) is 23.7 Å². The number of hydrogen-bond donors (Lipinski definition) is 1. The summed E-state index contributed by atoms with van der Waals surface area (Å²) in [5.74, 6) is 1.49. The molecule has 0 atom stereocenters. The molecule has 7 heteroatoms. The van der Waals surface area contributed by atoms with Gasteiger partial charge in [0, 0.05) is 12.0 Å². The molecular formula is C17H21N3O4. The molecule has 24 heavy (non-hydrogen) atoms. The zero-order valence-corrected chi connectivity index (χ0v) is 13.9. The number of benzene rings is 1. The third-order valence-electron chi connectivity index (χ3n) is 4.27. The number of ether oxygens (including phenoxy) is 2. The highest BCUT2D eigenvalue weighted by Gasteiger charge is 2.23. The summed E-state index contributed by atoms with van der Waals surface area (Å²) in [6.45, 7) is 0. The van der Waals surface area contributed by atoms with Gasteiger partial charge in [-0.2, -0.15) is 0 Å². The Kier molecular flexibility index (Phi) is 4.98. The zero-order valence-electron chi connectivity index (χ0n) is 13.9. The lowest BCUT2D eigenvalue weighted by Gasteiger charge is -2.19. The van der Waals surface area contributed by atoms with Crippen LogP contribution < -0.4 is 14.8 Å². The van der Waals surface area contributed by atoms with Crippen molar-refractivity contribution in [2.24, 2.45) is 5.92 Å². The van der Waals surface area contributed by atoms with E-state index in [0.29, 0.717) is 17.1 Å². The van der Waals surface area contributed by atoms with Crippen LogP contribution in [0.25, 0.3) is 11.5 Å². The number of rotatable bonds is 5. The van der Waals surface area contributed by atoms with Gasteiger partial charge >= 0.3 is 6.01 Å². The molecule has 1 aromatic heterocycles. The summed E-state index contributed by atoms with van der Waals surface area (Å²) in [4.78, 5) is 12.2. The second-order valence-electron chi connectivity index (χ2n) is 5.80. The minimum Gasteiger partial charge on any atom is -0.497 e. The molecule has 3 rings (SSSR count). The van der Waals surface area contributed by atoms with Gasteiger partial charge in [0.05, 0.1) is 19.8 Å². The molecule has 0 radical (unpaired) electrons. The molecule has 0 saturated heterocycles. The Morgan fingerprint density at radius 3 is 2.67 bits per heavy atom. The number of hydrogen-bond acceptors (Lipinski definition) is 6. The van der Waals surface area contributed by atoms with Crippen LogP contribution in [-0.4, -0.2) is 30.3 Å². The second-order valence-corrected chi connectivity index (χ2v) is 5.80. The van der Waals surface area contributed by atoms with E-state index in [4.69, 9.17) is 13.9 Å². The maximum Gasteiger partial charge on any atom is 0.322 e. The molecule has 1 saturated carbocycles. The van der Waals surface area contributed by atoms with Gasteiger partial charge in [-0.25, -0.2) is 0 Å². The fourth-order valence-electron chi connectivity index (χ4n) is 2.93. The fourth-order valence-corrected chi connectivity index (χ4v) is 2.93. The van der Waals surface area contributed by atoms with Crippen LogP contribution in [0, 0.1) is 5.92 Å². The van der Waals surface area contributed by atoms with E-state index in [2.05, 4.69) is 15.5 Å². The molecule has 0 aliphatic heterocycles. The van der Waals surface area contributed by atoms with E-state index in [0.717, 1.165) is 25.7 Å². The second kappa shape index (κ2) is 7.33. The van der Waals surface area contributed by atoms with Gasteiger partial charge in [0.2, 0.25) is 5.91 Å². The highest BCUT2D eigenvalue weighted by Crippen LogP contribution is 2.33. The van der Waals surface area contributed by atoms with Crippen molar-refractivity contribution in [1.29, 1.82) is 0 Å². The van der Waals surface area contributed by atoms with Crippen LogP contribution in [-0.2, 0) is 4.79 Å². The lowest BCUT2D eigenvalue weighted by atomic mass is 9.89. The summed E-state index contributed by atoms with van der Waals surface area (Å²) in [6, 6.07) is 5.40. The van der Waals surface area contributed by atoms with E-state index < -0.39 is 0 Å². The molecule has 2 aromatic rings. The molecule has 1 aliphatic rings. The first-order chi connectivity index (χ1) is 11.7. The molecule has 1 fully saturated rings. The predicted octanol–water partition coefficient (Wildman–Crippen LogP) is 3.27. The number of methoxy groups -OCH3 is 2. The summed E-state index contributed by atoms with van der Waals surface area (Å²) >= 11 is 0. The Morgan fingerprint density at radius 2 is 1.96 bits per heavy atom. The summed E-state index contributed by atoms with van der Waals surface area (Å²) in [7, 11) is 3.14. The molecule has 1 aromatic carbocycles. The third kappa shape index (κ3) is 3.50. The summed E-state index contributed by atoms with van der Waals surface area (Å²) in [6.07, 6.45) is 5.22. The van der Waals surface area contributed by atoms with Crippen molar-refractivity contribution in [3.05, 3.63) is 18.2 Å². The van der Waals surface area contributed by atoms with Gasteiger partial charge in [-0.3, -0.25) is 10.1 Å². The Balaban J connectivity index is 1.74. The van der Waals surface area contributed by atoms with E-state index in [1.54, 1.807) is 32.4 Å². The molecule has 1 amide bonds. The monoisotopic (exact) mass is 331 g/mol. The van der Waals surface area contributed by atoms with Crippen molar-refractivity contribution < 1.29 is 18.7 Å². The van der Waals surface area contributed by atoms with Crippen LogP contribution in [0.1, 0.15) is 32.1 Å². The van der Waals surface area contributed by atoms with E-state index >= 15 is 0 Å². The molecular weight excluding hydrogens is 310 g/mol. The average molecular weight is 331 g/mol. The van der Waals surface area contributed by atoms with Gasteiger partial charge in [0.15, 0.2) is 0 Å². The van der Waals surface area contributed by atoms with E-state index in [9.17, 15) is 4.79 Å². The highest BCUT2D eigenvalue weighted by atomic mass is 16.5. The highest BCUT2D eigenvalue weighted by molar-refractivity contribution is 5.90. The Hall–Kier alpha value is -2.57. The van der Waals surface area contributed by atoms with E-state index in [1.807, 2.05) is 0 Å². The van der Waals surface area contributed by atoms with Crippen molar-refractivity contribution in [3.63, 3.8) is 0 Å². The maximum atomic E-state index is 12.2. The van der Waals surface area contributed by atoms with Crippen LogP contribution in [0.15, 0.2) is 22.6 Å². The van der Waals surface area contributed by atoms with Gasteiger partial charge in [-0.05, 0) is 25.0 Å². The lowest BCUT2D eigenvalue weighted by Crippen LogP contribution is -2.24. The molecule has 1 N–H and O–H groups in total. The number of nitrogens with zero attached hydrogens (tertiary/aromatic N) is 2. The normalized spacial score (nSPS) is 15.1. The molecule has 0 bridgehead atoms. The number of aromatic nitrogens is 2. The fraction of sp³-hybridized carbons (Fsp3) is 0.471. The van der Waals surface area contributed by atoms with Crippen LogP contribution in [0.3, 0.4) is 0 Å². The average Bonchev–Trinajstić information content (AvgIpc) is 3.10. The topological polar surface area (TPSA) is 86.5 Å². The number of carbonyl (C=O) groups excluding carboxylic acids is 1. The van der Waals surface area contributed by atoms with Crippen LogP contribution >= 0.6 is 0 Å². The Bertz CT molecular complexity index is 708. The van der Waals surface area contributed by atoms with Gasteiger partial charge in [-0.1, -0.05) is 24.4 Å². The van der Waals surface area contributed by atoms with Crippen molar-refractivity contribution in [3.8, 4) is 23.0 Å². The molecule has 0 unspecified atom stereocenters.